The molecule has 0 fully saturated rings. The van der Waals surface area contributed by atoms with Crippen LogP contribution in [0.15, 0.2) is 36.5 Å². The van der Waals surface area contributed by atoms with Crippen LogP contribution in [-0.2, 0) is 11.9 Å². The zero-order valence-electron chi connectivity index (χ0n) is 15.4. The van der Waals surface area contributed by atoms with Crippen molar-refractivity contribution >= 4 is 28.4 Å². The highest BCUT2D eigenvalue weighted by Gasteiger charge is 2.23. The number of aliphatic hydroxyl groups excluding tert-OH is 2. The van der Waals surface area contributed by atoms with Gasteiger partial charge in [-0.25, -0.2) is 14.9 Å². The molecule has 3 aromatic rings. The number of benzene rings is 1. The van der Waals surface area contributed by atoms with Crippen molar-refractivity contribution in [3.63, 3.8) is 0 Å². The van der Waals surface area contributed by atoms with Crippen molar-refractivity contribution in [2.45, 2.75) is 13.0 Å². The summed E-state index contributed by atoms with van der Waals surface area (Å²) in [4.78, 5) is 22.0. The Kier molecular flexibility index (Phi) is 5.88. The van der Waals surface area contributed by atoms with Crippen molar-refractivity contribution in [3.05, 3.63) is 53.5 Å². The Morgan fingerprint density at radius 1 is 1.39 bits per heavy atom. The van der Waals surface area contributed by atoms with Crippen LogP contribution in [-0.4, -0.2) is 45.0 Å². The number of amides is 1. The number of hydrogen-bond donors (Lipinski definition) is 4. The number of hydroxylamine groups is 1. The quantitative estimate of drug-likeness (QED) is 0.460. The number of aliphatic hydroxyl groups is 2. The van der Waals surface area contributed by atoms with Gasteiger partial charge < -0.3 is 20.1 Å². The van der Waals surface area contributed by atoms with Gasteiger partial charge in [0.2, 0.25) is 0 Å². The van der Waals surface area contributed by atoms with Crippen LogP contribution in [0.1, 0.15) is 15.9 Å². The van der Waals surface area contributed by atoms with Gasteiger partial charge in [0.05, 0.1) is 17.9 Å². The molecule has 9 heteroatoms. The number of nitrogens with one attached hydrogen (secondary N) is 2. The van der Waals surface area contributed by atoms with Crippen LogP contribution >= 0.6 is 0 Å². The van der Waals surface area contributed by atoms with E-state index in [9.17, 15) is 14.3 Å². The van der Waals surface area contributed by atoms with Crippen molar-refractivity contribution < 1.29 is 24.2 Å². The van der Waals surface area contributed by atoms with Crippen LogP contribution in [0.2, 0.25) is 0 Å². The second kappa shape index (κ2) is 8.34. The van der Waals surface area contributed by atoms with Gasteiger partial charge >= 0.3 is 0 Å². The molecule has 1 atom stereocenters. The van der Waals surface area contributed by atoms with Crippen molar-refractivity contribution in [2.75, 3.05) is 18.5 Å². The number of halogens is 1. The van der Waals surface area contributed by atoms with Crippen molar-refractivity contribution in [2.24, 2.45) is 7.05 Å². The van der Waals surface area contributed by atoms with E-state index in [0.29, 0.717) is 16.9 Å². The van der Waals surface area contributed by atoms with Gasteiger partial charge in [0.25, 0.3) is 5.91 Å². The number of carbonyl (C=O) groups excluding carboxylic acids is 1. The zero-order chi connectivity index (χ0) is 20.3. The first-order valence-electron chi connectivity index (χ1n) is 8.60. The molecule has 2 aromatic heterocycles. The van der Waals surface area contributed by atoms with Crippen molar-refractivity contribution in [3.8, 4) is 0 Å². The van der Waals surface area contributed by atoms with Gasteiger partial charge in [0.15, 0.2) is 0 Å². The number of pyridine rings is 1. The smallest absolute Gasteiger partial charge is 0.279 e. The molecule has 0 saturated heterocycles. The van der Waals surface area contributed by atoms with Crippen LogP contribution in [0.3, 0.4) is 0 Å². The van der Waals surface area contributed by atoms with Crippen molar-refractivity contribution in [1.29, 1.82) is 0 Å². The Morgan fingerprint density at radius 3 is 2.89 bits per heavy atom. The summed E-state index contributed by atoms with van der Waals surface area (Å²) in [6, 6.07) is 8.14. The Labute approximate surface area is 160 Å². The minimum Gasteiger partial charge on any atom is -0.394 e. The normalized spacial score (nSPS) is 12.2. The number of carbonyl (C=O) groups is 1. The molecule has 3 rings (SSSR count). The maximum atomic E-state index is 14.3. The zero-order valence-corrected chi connectivity index (χ0v) is 15.4. The van der Waals surface area contributed by atoms with E-state index in [1.54, 1.807) is 49.0 Å². The van der Waals surface area contributed by atoms with Crippen LogP contribution in [0.25, 0.3) is 11.0 Å². The maximum Gasteiger partial charge on any atom is 0.279 e. The van der Waals surface area contributed by atoms with Gasteiger partial charge in [-0.05, 0) is 36.8 Å². The fraction of sp³-hybridized carbons (Fsp3) is 0.263. The molecule has 0 bridgehead atoms. The predicted octanol–water partition coefficient (Wildman–Crippen LogP) is 1.78. The highest BCUT2D eigenvalue weighted by atomic mass is 19.1. The monoisotopic (exact) mass is 388 g/mol. The largest absolute Gasteiger partial charge is 0.394 e. The molecule has 0 spiro atoms. The van der Waals surface area contributed by atoms with E-state index < -0.39 is 24.4 Å². The number of hydrogen-bond acceptors (Lipinski definition) is 6. The van der Waals surface area contributed by atoms with E-state index in [-0.39, 0.29) is 17.9 Å². The second-order valence-corrected chi connectivity index (χ2v) is 6.34. The maximum absolute atomic E-state index is 14.3. The molecule has 0 aliphatic rings. The fourth-order valence-corrected chi connectivity index (χ4v) is 2.79. The Bertz CT molecular complexity index is 1010. The van der Waals surface area contributed by atoms with Crippen LogP contribution < -0.4 is 10.8 Å². The minimum absolute atomic E-state index is 0.210. The lowest BCUT2D eigenvalue weighted by atomic mass is 10.2. The number of nitrogens with zero attached hydrogens (tertiary/aromatic N) is 2. The summed E-state index contributed by atoms with van der Waals surface area (Å²) in [6.07, 6.45) is 0.475. The minimum atomic E-state index is -1.12. The fourth-order valence-electron chi connectivity index (χ4n) is 2.79. The summed E-state index contributed by atoms with van der Waals surface area (Å²) in [6.45, 7) is 1.01. The average molecular weight is 388 g/mol. The topological polar surface area (TPSA) is 109 Å². The molecular formula is C19H21FN4O4. The number of rotatable bonds is 7. The van der Waals surface area contributed by atoms with E-state index in [0.717, 1.165) is 5.56 Å². The first-order valence-corrected chi connectivity index (χ1v) is 8.60. The van der Waals surface area contributed by atoms with Gasteiger partial charge in [0, 0.05) is 18.6 Å². The Morgan fingerprint density at radius 2 is 2.18 bits per heavy atom. The molecule has 0 unspecified atom stereocenters. The van der Waals surface area contributed by atoms with E-state index >= 15 is 0 Å². The molecule has 28 heavy (non-hydrogen) atoms. The number of fused-ring (bicyclic) bond motifs is 1. The molecular weight excluding hydrogens is 367 g/mol. The summed E-state index contributed by atoms with van der Waals surface area (Å²) in [5, 5.41) is 21.6. The lowest BCUT2D eigenvalue weighted by Crippen LogP contribution is -2.30. The van der Waals surface area contributed by atoms with E-state index in [2.05, 4.69) is 15.8 Å². The highest BCUT2D eigenvalue weighted by Crippen LogP contribution is 2.31. The molecule has 0 aliphatic heterocycles. The third-order valence-electron chi connectivity index (χ3n) is 4.20. The standard InChI is InChI=1S/C19H21FN4O4/c1-11-5-6-15(14(20)8-11)22-18-16(19(27)23-28-10-12(26)9-25)13-4-3-7-21-17(13)24(18)2/h3-8,12,22,25-26H,9-10H2,1-2H3,(H,23,27)/t12-/m1/s1. The summed E-state index contributed by atoms with van der Waals surface area (Å²) < 4.78 is 16.0. The summed E-state index contributed by atoms with van der Waals surface area (Å²) in [5.41, 5.74) is 3.96. The molecule has 1 aromatic carbocycles. The molecule has 0 saturated carbocycles. The van der Waals surface area contributed by atoms with Crippen LogP contribution in [0.5, 0.6) is 0 Å². The number of aromatic nitrogens is 2. The molecule has 8 nitrogen and oxygen atoms in total. The third-order valence-corrected chi connectivity index (χ3v) is 4.20. The Hall–Kier alpha value is -3.01. The van der Waals surface area contributed by atoms with Crippen LogP contribution in [0.4, 0.5) is 15.9 Å². The van der Waals surface area contributed by atoms with Gasteiger partial charge in [-0.15, -0.1) is 0 Å². The average Bonchev–Trinajstić information content (AvgIpc) is 2.96. The molecule has 148 valence electrons. The number of anilines is 2. The highest BCUT2D eigenvalue weighted by molar-refractivity contribution is 6.11. The summed E-state index contributed by atoms with van der Waals surface area (Å²) in [5.74, 6) is -0.717. The second-order valence-electron chi connectivity index (χ2n) is 6.34. The lowest BCUT2D eigenvalue weighted by Gasteiger charge is -2.13. The van der Waals surface area contributed by atoms with E-state index in [1.165, 1.54) is 6.07 Å². The summed E-state index contributed by atoms with van der Waals surface area (Å²) >= 11 is 0. The third kappa shape index (κ3) is 3.96. The van der Waals surface area contributed by atoms with Gasteiger partial charge in [-0.1, -0.05) is 6.07 Å². The van der Waals surface area contributed by atoms with Crippen molar-refractivity contribution in [1.82, 2.24) is 15.0 Å². The molecule has 2 heterocycles. The SMILES string of the molecule is Cc1ccc(Nc2c(C(=O)NOC[C@H](O)CO)c3cccnc3n2C)c(F)c1. The summed E-state index contributed by atoms with van der Waals surface area (Å²) in [7, 11) is 1.71. The molecule has 1 amide bonds. The number of aryl methyl sites for hydroxylation is 2. The van der Waals surface area contributed by atoms with Gasteiger partial charge in [0.1, 0.15) is 30.0 Å². The predicted molar refractivity (Wildman–Crippen MR) is 102 cm³/mol. The molecule has 0 radical (unpaired) electrons. The molecule has 0 aliphatic carbocycles. The van der Waals surface area contributed by atoms with E-state index in [1.807, 2.05) is 0 Å². The van der Waals surface area contributed by atoms with Crippen LogP contribution in [0, 0.1) is 12.7 Å². The first kappa shape index (κ1) is 19.7. The van der Waals surface area contributed by atoms with E-state index in [4.69, 9.17) is 9.94 Å². The Balaban J connectivity index is 1.98. The first-order chi connectivity index (χ1) is 13.4. The van der Waals surface area contributed by atoms with Gasteiger partial charge in [-0.2, -0.15) is 0 Å². The molecule has 4 N–H and O–H groups in total. The lowest BCUT2D eigenvalue weighted by molar-refractivity contribution is -0.0294. The van der Waals surface area contributed by atoms with Gasteiger partial charge in [-0.3, -0.25) is 9.63 Å².